The second-order valence-electron chi connectivity index (χ2n) is 4.21. The molecule has 3 aromatic rings. The molecule has 2 heterocycles. The number of imidazole rings is 1. The van der Waals surface area contributed by atoms with Gasteiger partial charge in [-0.1, -0.05) is 6.07 Å². The molecular weight excluding hydrogens is 282 g/mol. The highest BCUT2D eigenvalue weighted by molar-refractivity contribution is 5.89. The van der Waals surface area contributed by atoms with Gasteiger partial charge in [0.15, 0.2) is 5.69 Å². The Hall–Kier alpha value is -2.96. The van der Waals surface area contributed by atoms with Gasteiger partial charge in [0.05, 0.1) is 0 Å². The summed E-state index contributed by atoms with van der Waals surface area (Å²) in [4.78, 5) is 15.3. The van der Waals surface area contributed by atoms with E-state index in [1.54, 1.807) is 18.2 Å². The first-order valence-electron chi connectivity index (χ1n) is 5.89. The number of carbonyl (C=O) groups is 1. The predicted molar refractivity (Wildman–Crippen MR) is 68.6 cm³/mol. The molecule has 0 aliphatic heterocycles. The highest BCUT2D eigenvalue weighted by atomic mass is 19.1. The Morgan fingerprint density at radius 1 is 1.19 bits per heavy atom. The van der Waals surface area contributed by atoms with E-state index in [1.807, 2.05) is 0 Å². The monoisotopic (exact) mass is 290 g/mol. The third-order valence-electron chi connectivity index (χ3n) is 2.75. The maximum atomic E-state index is 13.1. The highest BCUT2D eigenvalue weighted by Gasteiger charge is 2.20. The molecule has 1 aromatic carbocycles. The summed E-state index contributed by atoms with van der Waals surface area (Å²) in [5.41, 5.74) is 0.122. The number of nitrogens with zero attached hydrogens (tertiary/aromatic N) is 2. The normalized spacial score (nSPS) is 10.8. The summed E-state index contributed by atoms with van der Waals surface area (Å²) >= 11 is 0. The number of carboxylic acids is 1. The topological polar surface area (TPSA) is 63.8 Å². The van der Waals surface area contributed by atoms with Crippen molar-refractivity contribution in [3.8, 4) is 11.6 Å². The summed E-state index contributed by atoms with van der Waals surface area (Å²) in [5.74, 6) is -3.33. The average Bonchev–Trinajstić information content (AvgIpc) is 2.75. The molecular formula is C14H8F2N2O3. The maximum Gasteiger partial charge on any atom is 0.358 e. The van der Waals surface area contributed by atoms with Gasteiger partial charge >= 0.3 is 5.97 Å². The minimum absolute atomic E-state index is 0.168. The molecule has 3 rings (SSSR count). The fourth-order valence-corrected chi connectivity index (χ4v) is 1.94. The Balaban J connectivity index is 2.11. The number of aromatic nitrogens is 2. The van der Waals surface area contributed by atoms with Gasteiger partial charge in [-0.15, -0.1) is 0 Å². The number of fused-ring (bicyclic) bond motifs is 1. The molecule has 0 unspecified atom stereocenters. The van der Waals surface area contributed by atoms with Crippen molar-refractivity contribution >= 4 is 11.6 Å². The molecule has 0 atom stereocenters. The summed E-state index contributed by atoms with van der Waals surface area (Å²) in [6.45, 7) is 0. The molecule has 0 aliphatic carbocycles. The lowest BCUT2D eigenvalue weighted by Crippen LogP contribution is -2.03. The van der Waals surface area contributed by atoms with Gasteiger partial charge in [0, 0.05) is 24.4 Å². The van der Waals surface area contributed by atoms with E-state index in [4.69, 9.17) is 4.74 Å². The fourth-order valence-electron chi connectivity index (χ4n) is 1.94. The van der Waals surface area contributed by atoms with Crippen molar-refractivity contribution < 1.29 is 23.4 Å². The summed E-state index contributed by atoms with van der Waals surface area (Å²) < 4.78 is 32.8. The number of benzene rings is 1. The van der Waals surface area contributed by atoms with Crippen LogP contribution in [0.3, 0.4) is 0 Å². The molecule has 1 N–H and O–H groups in total. The number of halogens is 2. The minimum Gasteiger partial charge on any atom is -0.476 e. The van der Waals surface area contributed by atoms with Crippen LogP contribution in [0, 0.1) is 11.6 Å². The molecule has 0 saturated heterocycles. The van der Waals surface area contributed by atoms with Crippen molar-refractivity contribution in [1.82, 2.24) is 9.38 Å². The summed E-state index contributed by atoms with van der Waals surface area (Å²) in [6.07, 6.45) is 1.50. The number of aromatic carboxylic acids is 1. The summed E-state index contributed by atoms with van der Waals surface area (Å²) in [6, 6.07) is 7.48. The molecule has 0 spiro atoms. The quantitative estimate of drug-likeness (QED) is 0.805. The zero-order valence-corrected chi connectivity index (χ0v) is 10.5. The number of carboxylic acid groups (broad SMARTS) is 1. The van der Waals surface area contributed by atoms with Gasteiger partial charge in [-0.25, -0.2) is 13.6 Å². The SMILES string of the molecule is O=C(O)c1c(Oc2cc(F)cc(F)c2)nc2ccccn12. The largest absolute Gasteiger partial charge is 0.476 e. The molecule has 2 aromatic heterocycles. The number of pyridine rings is 1. The predicted octanol–water partition coefficient (Wildman–Crippen LogP) is 3.10. The highest BCUT2D eigenvalue weighted by Crippen LogP contribution is 2.27. The summed E-state index contributed by atoms with van der Waals surface area (Å²) in [7, 11) is 0. The van der Waals surface area contributed by atoms with E-state index < -0.39 is 17.6 Å². The molecule has 106 valence electrons. The van der Waals surface area contributed by atoms with E-state index in [1.165, 1.54) is 10.6 Å². The first kappa shape index (κ1) is 13.0. The Bertz CT molecular complexity index is 825. The first-order valence-corrected chi connectivity index (χ1v) is 5.89. The van der Waals surface area contributed by atoms with Gasteiger partial charge in [0.1, 0.15) is 23.0 Å². The van der Waals surface area contributed by atoms with Gasteiger partial charge in [0.2, 0.25) is 0 Å². The Morgan fingerprint density at radius 2 is 1.90 bits per heavy atom. The zero-order chi connectivity index (χ0) is 15.0. The zero-order valence-electron chi connectivity index (χ0n) is 10.5. The van der Waals surface area contributed by atoms with Crippen LogP contribution in [0.4, 0.5) is 8.78 Å². The molecule has 0 fully saturated rings. The van der Waals surface area contributed by atoms with Crippen LogP contribution in [-0.2, 0) is 0 Å². The van der Waals surface area contributed by atoms with Gasteiger partial charge in [-0.2, -0.15) is 4.98 Å². The van der Waals surface area contributed by atoms with Crippen molar-refractivity contribution in [2.24, 2.45) is 0 Å². The minimum atomic E-state index is -1.26. The lowest BCUT2D eigenvalue weighted by atomic mass is 10.3. The molecule has 0 radical (unpaired) electrons. The van der Waals surface area contributed by atoms with Crippen LogP contribution in [0.2, 0.25) is 0 Å². The van der Waals surface area contributed by atoms with E-state index in [0.29, 0.717) is 11.7 Å². The van der Waals surface area contributed by atoms with Crippen LogP contribution in [0.1, 0.15) is 10.5 Å². The third-order valence-corrected chi connectivity index (χ3v) is 2.75. The molecule has 21 heavy (non-hydrogen) atoms. The van der Waals surface area contributed by atoms with Crippen molar-refractivity contribution in [2.45, 2.75) is 0 Å². The van der Waals surface area contributed by atoms with Gasteiger partial charge < -0.3 is 9.84 Å². The number of rotatable bonds is 3. The Kier molecular flexibility index (Phi) is 3.02. The summed E-state index contributed by atoms with van der Waals surface area (Å²) in [5, 5.41) is 9.25. The van der Waals surface area contributed by atoms with Crippen molar-refractivity contribution in [1.29, 1.82) is 0 Å². The average molecular weight is 290 g/mol. The van der Waals surface area contributed by atoms with Gasteiger partial charge in [0.25, 0.3) is 5.88 Å². The van der Waals surface area contributed by atoms with E-state index >= 15 is 0 Å². The van der Waals surface area contributed by atoms with E-state index in [0.717, 1.165) is 12.1 Å². The van der Waals surface area contributed by atoms with Crippen molar-refractivity contribution in [3.05, 3.63) is 59.9 Å². The second kappa shape index (κ2) is 4.86. The first-order chi connectivity index (χ1) is 10.0. The smallest absolute Gasteiger partial charge is 0.358 e. The number of ether oxygens (including phenoxy) is 1. The van der Waals surface area contributed by atoms with Gasteiger partial charge in [-0.3, -0.25) is 4.40 Å². The van der Waals surface area contributed by atoms with Gasteiger partial charge in [-0.05, 0) is 12.1 Å². The van der Waals surface area contributed by atoms with Crippen LogP contribution in [0.25, 0.3) is 5.65 Å². The van der Waals surface area contributed by atoms with E-state index in [2.05, 4.69) is 4.98 Å². The van der Waals surface area contributed by atoms with Crippen LogP contribution in [0.5, 0.6) is 11.6 Å². The molecule has 7 heteroatoms. The number of hydrogen-bond acceptors (Lipinski definition) is 3. The van der Waals surface area contributed by atoms with E-state index in [9.17, 15) is 18.7 Å². The fraction of sp³-hybridized carbons (Fsp3) is 0. The van der Waals surface area contributed by atoms with Crippen molar-refractivity contribution in [3.63, 3.8) is 0 Å². The molecule has 0 bridgehead atoms. The van der Waals surface area contributed by atoms with Crippen molar-refractivity contribution in [2.75, 3.05) is 0 Å². The Morgan fingerprint density at radius 3 is 2.57 bits per heavy atom. The van der Waals surface area contributed by atoms with Crippen LogP contribution in [-0.4, -0.2) is 20.5 Å². The number of hydrogen-bond donors (Lipinski definition) is 1. The van der Waals surface area contributed by atoms with Crippen LogP contribution < -0.4 is 4.74 Å². The Labute approximate surface area is 117 Å². The van der Waals surface area contributed by atoms with Crippen LogP contribution in [0.15, 0.2) is 42.6 Å². The second-order valence-corrected chi connectivity index (χ2v) is 4.21. The lowest BCUT2D eigenvalue weighted by molar-refractivity contribution is 0.0686. The standard InChI is InChI=1S/C14H8F2N2O3/c15-8-5-9(16)7-10(6-8)21-13-12(14(19)20)18-4-2-1-3-11(18)17-13/h1-7H,(H,19,20). The lowest BCUT2D eigenvalue weighted by Gasteiger charge is -2.04. The molecule has 5 nitrogen and oxygen atoms in total. The third kappa shape index (κ3) is 2.40. The van der Waals surface area contributed by atoms with Crippen LogP contribution >= 0.6 is 0 Å². The molecule has 0 amide bonds. The maximum absolute atomic E-state index is 13.1. The van der Waals surface area contributed by atoms with E-state index in [-0.39, 0.29) is 17.3 Å². The molecule has 0 aliphatic rings. The molecule has 0 saturated carbocycles.